The molecular formula is C20H21NO3. The van der Waals surface area contributed by atoms with Gasteiger partial charge < -0.3 is 9.47 Å². The molecule has 0 saturated carbocycles. The van der Waals surface area contributed by atoms with E-state index in [1.807, 2.05) is 69.3 Å². The summed E-state index contributed by atoms with van der Waals surface area (Å²) in [6, 6.07) is 15.7. The second kappa shape index (κ2) is 6.04. The molecule has 0 amide bonds. The van der Waals surface area contributed by atoms with E-state index >= 15 is 0 Å². The fourth-order valence-corrected chi connectivity index (χ4v) is 2.74. The maximum Gasteiger partial charge on any atom is 0.418 e. The van der Waals surface area contributed by atoms with Crippen molar-refractivity contribution in [1.29, 1.82) is 0 Å². The number of aromatic nitrogens is 1. The van der Waals surface area contributed by atoms with Crippen molar-refractivity contribution in [3.8, 4) is 17.0 Å². The number of methoxy groups -OCH3 is 1. The highest BCUT2D eigenvalue weighted by Gasteiger charge is 2.22. The smallest absolute Gasteiger partial charge is 0.418 e. The summed E-state index contributed by atoms with van der Waals surface area (Å²) in [4.78, 5) is 12.6. The van der Waals surface area contributed by atoms with Crippen LogP contribution in [0.1, 0.15) is 20.8 Å². The maximum absolute atomic E-state index is 12.6. The first-order valence-electron chi connectivity index (χ1n) is 7.87. The van der Waals surface area contributed by atoms with E-state index in [4.69, 9.17) is 9.47 Å². The minimum Gasteiger partial charge on any atom is -0.496 e. The van der Waals surface area contributed by atoms with Crippen molar-refractivity contribution in [3.05, 3.63) is 54.7 Å². The van der Waals surface area contributed by atoms with Gasteiger partial charge in [-0.15, -0.1) is 0 Å². The van der Waals surface area contributed by atoms with E-state index in [9.17, 15) is 4.79 Å². The van der Waals surface area contributed by atoms with E-state index in [0.717, 1.165) is 27.8 Å². The zero-order chi connectivity index (χ0) is 17.3. The van der Waals surface area contributed by atoms with Gasteiger partial charge in [0.05, 0.1) is 12.8 Å². The van der Waals surface area contributed by atoms with Crippen LogP contribution in [0.3, 0.4) is 0 Å². The number of carbonyl (C=O) groups is 1. The van der Waals surface area contributed by atoms with E-state index in [2.05, 4.69) is 0 Å². The first kappa shape index (κ1) is 16.1. The van der Waals surface area contributed by atoms with Gasteiger partial charge in [-0.05, 0) is 49.7 Å². The predicted molar refractivity (Wildman–Crippen MR) is 95.6 cm³/mol. The highest BCUT2D eigenvalue weighted by Crippen LogP contribution is 2.37. The Hall–Kier alpha value is -2.75. The fraction of sp³-hybridized carbons (Fsp3) is 0.250. The molecule has 0 bridgehead atoms. The van der Waals surface area contributed by atoms with Crippen molar-refractivity contribution in [2.45, 2.75) is 26.4 Å². The van der Waals surface area contributed by atoms with Crippen LogP contribution in [-0.2, 0) is 4.74 Å². The van der Waals surface area contributed by atoms with Gasteiger partial charge in [0.2, 0.25) is 0 Å². The molecule has 3 rings (SSSR count). The molecule has 4 nitrogen and oxygen atoms in total. The molecule has 0 saturated heterocycles. The molecule has 0 aliphatic heterocycles. The van der Waals surface area contributed by atoms with Gasteiger partial charge in [-0.2, -0.15) is 0 Å². The third-order valence-corrected chi connectivity index (χ3v) is 3.71. The number of nitrogens with zero attached hydrogens (tertiary/aromatic N) is 1. The first-order chi connectivity index (χ1) is 11.4. The molecule has 0 aliphatic carbocycles. The van der Waals surface area contributed by atoms with Crippen LogP contribution >= 0.6 is 0 Å². The average molecular weight is 323 g/mol. The van der Waals surface area contributed by atoms with Gasteiger partial charge in [-0.25, -0.2) is 4.79 Å². The molecule has 124 valence electrons. The van der Waals surface area contributed by atoms with Gasteiger partial charge in [0.1, 0.15) is 11.4 Å². The topological polar surface area (TPSA) is 40.5 Å². The number of hydrogen-bond donors (Lipinski definition) is 0. The van der Waals surface area contributed by atoms with Crippen LogP contribution in [0.4, 0.5) is 4.79 Å². The number of rotatable bonds is 2. The summed E-state index contributed by atoms with van der Waals surface area (Å²) in [5, 5.41) is 2.12. The largest absolute Gasteiger partial charge is 0.496 e. The minimum absolute atomic E-state index is 0.405. The molecular weight excluding hydrogens is 302 g/mol. The lowest BCUT2D eigenvalue weighted by molar-refractivity contribution is 0.0540. The van der Waals surface area contributed by atoms with Gasteiger partial charge in [-0.3, -0.25) is 4.57 Å². The third kappa shape index (κ3) is 3.00. The Morgan fingerprint density at radius 2 is 1.75 bits per heavy atom. The van der Waals surface area contributed by atoms with Gasteiger partial charge in [-0.1, -0.05) is 30.3 Å². The molecule has 0 spiro atoms. The van der Waals surface area contributed by atoms with Crippen molar-refractivity contribution in [2.75, 3.05) is 7.11 Å². The summed E-state index contributed by atoms with van der Waals surface area (Å²) in [5.41, 5.74) is 1.07. The molecule has 0 radical (unpaired) electrons. The van der Waals surface area contributed by atoms with Crippen LogP contribution in [0.25, 0.3) is 22.0 Å². The monoisotopic (exact) mass is 323 g/mol. The molecule has 0 unspecified atom stereocenters. The van der Waals surface area contributed by atoms with Crippen LogP contribution in [0.5, 0.6) is 5.75 Å². The molecule has 1 heterocycles. The summed E-state index contributed by atoms with van der Waals surface area (Å²) in [5.74, 6) is 0.720. The van der Waals surface area contributed by atoms with E-state index in [1.165, 1.54) is 4.57 Å². The fourth-order valence-electron chi connectivity index (χ4n) is 2.74. The van der Waals surface area contributed by atoms with E-state index in [0.29, 0.717) is 0 Å². The molecule has 24 heavy (non-hydrogen) atoms. The lowest BCUT2D eigenvalue weighted by Gasteiger charge is -2.21. The molecule has 0 atom stereocenters. The first-order valence-corrected chi connectivity index (χ1v) is 7.87. The van der Waals surface area contributed by atoms with Crippen LogP contribution in [0, 0.1) is 0 Å². The second-order valence-electron chi connectivity index (χ2n) is 6.61. The maximum atomic E-state index is 12.6. The Bertz CT molecular complexity index is 887. The Kier molecular flexibility index (Phi) is 4.06. The van der Waals surface area contributed by atoms with Gasteiger partial charge >= 0.3 is 6.09 Å². The van der Waals surface area contributed by atoms with Crippen LogP contribution in [0.2, 0.25) is 0 Å². The standard InChI is InChI=1S/C20H21NO3/c1-20(2,3)24-19(22)21-13-7-10-16(21)18-15-9-6-5-8-14(15)11-12-17(18)23-4/h5-13H,1-4H3. The number of carbonyl (C=O) groups excluding carboxylic acids is 1. The SMILES string of the molecule is COc1ccc2ccccc2c1-c1cccn1C(=O)OC(C)(C)C. The normalized spacial score (nSPS) is 11.5. The molecule has 0 aliphatic rings. The Morgan fingerprint density at radius 1 is 1.00 bits per heavy atom. The number of benzene rings is 2. The van der Waals surface area contributed by atoms with Crippen LogP contribution in [0.15, 0.2) is 54.7 Å². The molecule has 2 aromatic carbocycles. The molecule has 0 fully saturated rings. The quantitative estimate of drug-likeness (QED) is 0.659. The van der Waals surface area contributed by atoms with E-state index < -0.39 is 11.7 Å². The summed E-state index contributed by atoms with van der Waals surface area (Å²) in [6.07, 6.45) is 1.31. The Labute approximate surface area is 141 Å². The lowest BCUT2D eigenvalue weighted by atomic mass is 10.0. The highest BCUT2D eigenvalue weighted by atomic mass is 16.6. The summed E-state index contributed by atoms with van der Waals surface area (Å²) in [6.45, 7) is 5.56. The van der Waals surface area contributed by atoms with Crippen molar-refractivity contribution in [1.82, 2.24) is 4.57 Å². The van der Waals surface area contributed by atoms with E-state index in [-0.39, 0.29) is 0 Å². The Morgan fingerprint density at radius 3 is 2.46 bits per heavy atom. The van der Waals surface area contributed by atoms with Gasteiger partial charge in [0.15, 0.2) is 0 Å². The number of fused-ring (bicyclic) bond motifs is 1. The van der Waals surface area contributed by atoms with Crippen LogP contribution < -0.4 is 4.74 Å². The van der Waals surface area contributed by atoms with Gasteiger partial charge in [0, 0.05) is 11.8 Å². The lowest BCUT2D eigenvalue weighted by Crippen LogP contribution is -2.27. The van der Waals surface area contributed by atoms with Crippen molar-refractivity contribution >= 4 is 16.9 Å². The van der Waals surface area contributed by atoms with Crippen molar-refractivity contribution < 1.29 is 14.3 Å². The second-order valence-corrected chi connectivity index (χ2v) is 6.61. The Balaban J connectivity index is 2.19. The van der Waals surface area contributed by atoms with E-state index in [1.54, 1.807) is 13.3 Å². The average Bonchev–Trinajstić information content (AvgIpc) is 3.01. The zero-order valence-corrected chi connectivity index (χ0v) is 14.4. The zero-order valence-electron chi connectivity index (χ0n) is 14.4. The highest BCUT2D eigenvalue weighted by molar-refractivity contribution is 6.00. The van der Waals surface area contributed by atoms with Crippen molar-refractivity contribution in [2.24, 2.45) is 0 Å². The molecule has 3 aromatic rings. The number of hydrogen-bond acceptors (Lipinski definition) is 3. The molecule has 4 heteroatoms. The summed E-state index contributed by atoms with van der Waals surface area (Å²) >= 11 is 0. The minimum atomic E-state index is -0.554. The number of ether oxygens (including phenoxy) is 2. The summed E-state index contributed by atoms with van der Waals surface area (Å²) in [7, 11) is 1.63. The predicted octanol–water partition coefficient (Wildman–Crippen LogP) is 5.10. The molecule has 1 aromatic heterocycles. The third-order valence-electron chi connectivity index (χ3n) is 3.71. The summed E-state index contributed by atoms with van der Waals surface area (Å²) < 4.78 is 12.6. The van der Waals surface area contributed by atoms with Gasteiger partial charge in [0.25, 0.3) is 0 Å². The molecule has 0 N–H and O–H groups in total. The van der Waals surface area contributed by atoms with Crippen LogP contribution in [-0.4, -0.2) is 23.4 Å². The van der Waals surface area contributed by atoms with Crippen molar-refractivity contribution in [3.63, 3.8) is 0 Å².